The first-order chi connectivity index (χ1) is 5.27. The maximum atomic E-state index is 10.6. The Morgan fingerprint density at radius 1 is 1.00 bits per heavy atom. The van der Waals surface area contributed by atoms with Gasteiger partial charge in [0.25, 0.3) is 0 Å². The zero-order valence-electron chi connectivity index (χ0n) is 7.36. The van der Waals surface area contributed by atoms with Gasteiger partial charge in [0.2, 0.25) is 6.29 Å². The molecule has 0 bridgehead atoms. The van der Waals surface area contributed by atoms with Crippen molar-refractivity contribution in [3.05, 3.63) is 0 Å². The molecule has 1 rings (SSSR count). The molecule has 0 N–H and O–H groups in total. The molecule has 0 spiro atoms. The van der Waals surface area contributed by atoms with E-state index < -0.39 is 0 Å². The fourth-order valence-electron chi connectivity index (χ4n) is 1.79. The van der Waals surface area contributed by atoms with E-state index >= 15 is 0 Å². The summed E-state index contributed by atoms with van der Waals surface area (Å²) in [5.74, 6) is 0. The van der Waals surface area contributed by atoms with E-state index in [1.807, 2.05) is 6.92 Å². The van der Waals surface area contributed by atoms with Crippen molar-refractivity contribution >= 4 is 6.29 Å². The van der Waals surface area contributed by atoms with E-state index in [1.165, 1.54) is 32.1 Å². The van der Waals surface area contributed by atoms with Gasteiger partial charge in [0.1, 0.15) is 0 Å². The van der Waals surface area contributed by atoms with Crippen molar-refractivity contribution in [2.45, 2.75) is 51.9 Å². The van der Waals surface area contributed by atoms with Crippen LogP contribution < -0.4 is 0 Å². The van der Waals surface area contributed by atoms with Crippen molar-refractivity contribution in [3.63, 3.8) is 0 Å². The SMILES string of the molecule is CC1([C]=O)CCCCCCC1. The van der Waals surface area contributed by atoms with E-state index in [4.69, 9.17) is 0 Å². The summed E-state index contributed by atoms with van der Waals surface area (Å²) < 4.78 is 0. The van der Waals surface area contributed by atoms with Crippen LogP contribution in [0.25, 0.3) is 0 Å². The van der Waals surface area contributed by atoms with Gasteiger partial charge in [-0.25, -0.2) is 0 Å². The van der Waals surface area contributed by atoms with Crippen molar-refractivity contribution in [2.75, 3.05) is 0 Å². The van der Waals surface area contributed by atoms with Crippen molar-refractivity contribution in [1.82, 2.24) is 0 Å². The molecule has 0 aromatic carbocycles. The maximum Gasteiger partial charge on any atom is 0.204 e. The number of hydrogen-bond donors (Lipinski definition) is 0. The minimum absolute atomic E-state index is 0.111. The third kappa shape index (κ3) is 2.64. The zero-order chi connectivity index (χ0) is 8.16. The van der Waals surface area contributed by atoms with Crippen molar-refractivity contribution < 1.29 is 4.79 Å². The van der Waals surface area contributed by atoms with Crippen LogP contribution in [0.4, 0.5) is 0 Å². The topological polar surface area (TPSA) is 17.1 Å². The van der Waals surface area contributed by atoms with Crippen LogP contribution in [0.5, 0.6) is 0 Å². The molecule has 1 saturated carbocycles. The molecule has 0 atom stereocenters. The minimum atomic E-state index is -0.111. The Kier molecular flexibility index (Phi) is 3.10. The highest BCUT2D eigenvalue weighted by Gasteiger charge is 2.24. The molecule has 0 amide bonds. The quantitative estimate of drug-likeness (QED) is 0.566. The van der Waals surface area contributed by atoms with Gasteiger partial charge in [-0.1, -0.05) is 39.0 Å². The van der Waals surface area contributed by atoms with E-state index in [0.29, 0.717) is 0 Å². The van der Waals surface area contributed by atoms with Crippen molar-refractivity contribution in [3.8, 4) is 0 Å². The molecule has 0 aromatic rings. The second kappa shape index (κ2) is 3.89. The molecule has 0 saturated heterocycles. The second-order valence-corrected chi connectivity index (χ2v) is 3.93. The van der Waals surface area contributed by atoms with Crippen LogP contribution >= 0.6 is 0 Å². The molecule has 0 aliphatic heterocycles. The van der Waals surface area contributed by atoms with Crippen LogP contribution in [0.15, 0.2) is 0 Å². The lowest BCUT2D eigenvalue weighted by Gasteiger charge is -2.23. The average Bonchev–Trinajstić information content (AvgIpc) is 1.98. The molecule has 1 aliphatic carbocycles. The van der Waals surface area contributed by atoms with Crippen LogP contribution in [0, 0.1) is 5.41 Å². The molecule has 1 nitrogen and oxygen atoms in total. The molecule has 1 heteroatoms. The highest BCUT2D eigenvalue weighted by Crippen LogP contribution is 2.31. The van der Waals surface area contributed by atoms with Crippen LogP contribution in [0.2, 0.25) is 0 Å². The summed E-state index contributed by atoms with van der Waals surface area (Å²) in [4.78, 5) is 10.6. The Hall–Kier alpha value is -0.330. The largest absolute Gasteiger partial charge is 0.290 e. The highest BCUT2D eigenvalue weighted by molar-refractivity contribution is 5.59. The van der Waals surface area contributed by atoms with E-state index in [2.05, 4.69) is 6.29 Å². The first-order valence-electron chi connectivity index (χ1n) is 4.66. The predicted molar refractivity (Wildman–Crippen MR) is 46.1 cm³/mol. The summed E-state index contributed by atoms with van der Waals surface area (Å²) in [5, 5.41) is 0. The minimum Gasteiger partial charge on any atom is -0.290 e. The standard InChI is InChI=1S/C10H17O/c1-10(9-11)7-5-3-2-4-6-8-10/h2-8H2,1H3. The lowest BCUT2D eigenvalue weighted by Crippen LogP contribution is -2.19. The fraction of sp³-hybridized carbons (Fsp3) is 0.900. The summed E-state index contributed by atoms with van der Waals surface area (Å²) in [6.45, 7) is 2.05. The molecule has 0 heterocycles. The van der Waals surface area contributed by atoms with Gasteiger partial charge in [-0.2, -0.15) is 0 Å². The lowest BCUT2D eigenvalue weighted by molar-refractivity contribution is 0.318. The van der Waals surface area contributed by atoms with Gasteiger partial charge < -0.3 is 0 Å². The van der Waals surface area contributed by atoms with E-state index in [9.17, 15) is 4.79 Å². The second-order valence-electron chi connectivity index (χ2n) is 3.93. The molecule has 63 valence electrons. The molecule has 1 fully saturated rings. The van der Waals surface area contributed by atoms with Crippen LogP contribution in [-0.2, 0) is 4.79 Å². The number of rotatable bonds is 1. The summed E-state index contributed by atoms with van der Waals surface area (Å²) in [5.41, 5.74) is -0.111. The third-order valence-corrected chi connectivity index (χ3v) is 2.70. The van der Waals surface area contributed by atoms with Gasteiger partial charge in [0, 0.05) is 5.41 Å². The number of hydrogen-bond acceptors (Lipinski definition) is 1. The molecular formula is C10H17O. The lowest BCUT2D eigenvalue weighted by atomic mass is 9.79. The van der Waals surface area contributed by atoms with Crippen LogP contribution in [0.1, 0.15) is 51.9 Å². The van der Waals surface area contributed by atoms with Gasteiger partial charge >= 0.3 is 0 Å². The van der Waals surface area contributed by atoms with Gasteiger partial charge in [-0.3, -0.25) is 4.79 Å². The Labute approximate surface area is 69.2 Å². The first kappa shape index (κ1) is 8.76. The maximum absolute atomic E-state index is 10.6. The predicted octanol–water partition coefficient (Wildman–Crippen LogP) is 2.85. The van der Waals surface area contributed by atoms with Crippen LogP contribution in [0.3, 0.4) is 0 Å². The summed E-state index contributed by atoms with van der Waals surface area (Å²) in [7, 11) is 0. The molecule has 11 heavy (non-hydrogen) atoms. The molecule has 1 radical (unpaired) electrons. The Morgan fingerprint density at radius 3 is 1.91 bits per heavy atom. The van der Waals surface area contributed by atoms with E-state index in [-0.39, 0.29) is 5.41 Å². The van der Waals surface area contributed by atoms with Crippen molar-refractivity contribution in [2.24, 2.45) is 5.41 Å². The van der Waals surface area contributed by atoms with Crippen molar-refractivity contribution in [1.29, 1.82) is 0 Å². The van der Waals surface area contributed by atoms with Gasteiger partial charge in [0.05, 0.1) is 0 Å². The zero-order valence-corrected chi connectivity index (χ0v) is 7.36. The summed E-state index contributed by atoms with van der Waals surface area (Å²) >= 11 is 0. The molecule has 0 aromatic heterocycles. The highest BCUT2D eigenvalue weighted by atomic mass is 16.1. The number of carbonyl (C=O) groups excluding carboxylic acids is 1. The Morgan fingerprint density at radius 2 is 1.45 bits per heavy atom. The fourth-order valence-corrected chi connectivity index (χ4v) is 1.79. The van der Waals surface area contributed by atoms with Gasteiger partial charge in [0.15, 0.2) is 0 Å². The normalized spacial score (nSPS) is 25.2. The molecular weight excluding hydrogens is 136 g/mol. The van der Waals surface area contributed by atoms with Crippen LogP contribution in [-0.4, -0.2) is 6.29 Å². The average molecular weight is 153 g/mol. The molecule has 1 aliphatic rings. The van der Waals surface area contributed by atoms with E-state index in [0.717, 1.165) is 12.8 Å². The Bertz CT molecular complexity index is 121. The third-order valence-electron chi connectivity index (χ3n) is 2.70. The smallest absolute Gasteiger partial charge is 0.204 e. The van der Waals surface area contributed by atoms with Gasteiger partial charge in [-0.15, -0.1) is 0 Å². The van der Waals surface area contributed by atoms with E-state index in [1.54, 1.807) is 0 Å². The molecule has 0 unspecified atom stereocenters. The summed E-state index contributed by atoms with van der Waals surface area (Å²) in [6.07, 6.45) is 10.7. The monoisotopic (exact) mass is 153 g/mol. The van der Waals surface area contributed by atoms with Gasteiger partial charge in [-0.05, 0) is 12.8 Å². The summed E-state index contributed by atoms with van der Waals surface area (Å²) in [6, 6.07) is 0. The first-order valence-corrected chi connectivity index (χ1v) is 4.66. The Balaban J connectivity index is 2.43.